The molecule has 4 nitrogen and oxygen atoms in total. The van der Waals surface area contributed by atoms with Gasteiger partial charge in [-0.3, -0.25) is 0 Å². The van der Waals surface area contributed by atoms with Gasteiger partial charge in [0.25, 0.3) is 0 Å². The standard InChI is InChI=1S/C16H15BrN2O2/c17-13-3-7-16(8-4-13)21-11-15(20)10-19-14-5-1-12(9-18)2-6-14/h1-8,15,19-20H,10-11H2. The van der Waals surface area contributed by atoms with Crippen molar-refractivity contribution in [3.63, 3.8) is 0 Å². The van der Waals surface area contributed by atoms with E-state index in [1.54, 1.807) is 24.3 Å². The lowest BCUT2D eigenvalue weighted by Crippen LogP contribution is -2.26. The zero-order valence-corrected chi connectivity index (χ0v) is 12.9. The van der Waals surface area contributed by atoms with E-state index >= 15 is 0 Å². The van der Waals surface area contributed by atoms with Gasteiger partial charge in [-0.25, -0.2) is 0 Å². The molecular weight excluding hydrogens is 332 g/mol. The third-order valence-electron chi connectivity index (χ3n) is 2.81. The van der Waals surface area contributed by atoms with Crippen LogP contribution in [0.1, 0.15) is 5.56 Å². The first-order valence-electron chi connectivity index (χ1n) is 6.48. The molecule has 0 aliphatic heterocycles. The van der Waals surface area contributed by atoms with Crippen molar-refractivity contribution in [2.24, 2.45) is 0 Å². The maximum Gasteiger partial charge on any atom is 0.119 e. The molecule has 2 aromatic rings. The Morgan fingerprint density at radius 1 is 1.14 bits per heavy atom. The van der Waals surface area contributed by atoms with Crippen molar-refractivity contribution >= 4 is 21.6 Å². The molecule has 0 bridgehead atoms. The zero-order valence-electron chi connectivity index (χ0n) is 11.3. The molecule has 0 amide bonds. The van der Waals surface area contributed by atoms with Gasteiger partial charge in [-0.1, -0.05) is 15.9 Å². The third kappa shape index (κ3) is 5.10. The molecule has 0 aliphatic carbocycles. The Labute approximate surface area is 132 Å². The summed E-state index contributed by atoms with van der Waals surface area (Å²) in [4.78, 5) is 0. The molecule has 2 rings (SSSR count). The first-order valence-corrected chi connectivity index (χ1v) is 7.27. The lowest BCUT2D eigenvalue weighted by Gasteiger charge is -2.14. The van der Waals surface area contributed by atoms with Crippen LogP contribution in [0.4, 0.5) is 5.69 Å². The second kappa shape index (κ2) is 7.67. The molecule has 0 saturated carbocycles. The van der Waals surface area contributed by atoms with Crippen molar-refractivity contribution in [1.29, 1.82) is 5.26 Å². The fraction of sp³-hybridized carbons (Fsp3) is 0.188. The first kappa shape index (κ1) is 15.4. The molecule has 0 radical (unpaired) electrons. The first-order chi connectivity index (χ1) is 10.2. The summed E-state index contributed by atoms with van der Waals surface area (Å²) in [5.41, 5.74) is 1.47. The second-order valence-electron chi connectivity index (χ2n) is 4.49. The predicted octanol–water partition coefficient (Wildman–Crippen LogP) is 3.17. The van der Waals surface area contributed by atoms with E-state index in [1.165, 1.54) is 0 Å². The average molecular weight is 347 g/mol. The molecule has 2 aromatic carbocycles. The number of benzene rings is 2. The summed E-state index contributed by atoms with van der Waals surface area (Å²) < 4.78 is 6.48. The number of hydrogen-bond donors (Lipinski definition) is 2. The highest BCUT2D eigenvalue weighted by atomic mass is 79.9. The van der Waals surface area contributed by atoms with E-state index in [0.717, 1.165) is 15.9 Å². The van der Waals surface area contributed by atoms with E-state index in [9.17, 15) is 5.11 Å². The van der Waals surface area contributed by atoms with Crippen molar-refractivity contribution in [2.45, 2.75) is 6.10 Å². The maximum absolute atomic E-state index is 9.88. The molecular formula is C16H15BrN2O2. The quantitative estimate of drug-likeness (QED) is 0.842. The number of halogens is 1. The predicted molar refractivity (Wildman–Crippen MR) is 85.3 cm³/mol. The highest BCUT2D eigenvalue weighted by Gasteiger charge is 2.05. The molecule has 0 aromatic heterocycles. The zero-order chi connectivity index (χ0) is 15.1. The van der Waals surface area contributed by atoms with Gasteiger partial charge < -0.3 is 15.2 Å². The molecule has 0 spiro atoms. The van der Waals surface area contributed by atoms with Crippen LogP contribution in [-0.2, 0) is 0 Å². The summed E-state index contributed by atoms with van der Waals surface area (Å²) in [6.07, 6.45) is -0.621. The second-order valence-corrected chi connectivity index (χ2v) is 5.40. The van der Waals surface area contributed by atoms with Gasteiger partial charge in [0.1, 0.15) is 18.5 Å². The number of aliphatic hydroxyl groups is 1. The minimum atomic E-state index is -0.621. The number of hydrogen-bond acceptors (Lipinski definition) is 4. The Morgan fingerprint density at radius 3 is 2.43 bits per heavy atom. The number of nitriles is 1. The summed E-state index contributed by atoms with van der Waals surface area (Å²) >= 11 is 3.35. The van der Waals surface area contributed by atoms with Crippen molar-refractivity contribution in [2.75, 3.05) is 18.5 Å². The van der Waals surface area contributed by atoms with Gasteiger partial charge in [-0.15, -0.1) is 0 Å². The van der Waals surface area contributed by atoms with Crippen LogP contribution in [0.15, 0.2) is 53.0 Å². The van der Waals surface area contributed by atoms with Crippen LogP contribution in [0.25, 0.3) is 0 Å². The van der Waals surface area contributed by atoms with Crippen molar-refractivity contribution < 1.29 is 9.84 Å². The van der Waals surface area contributed by atoms with E-state index < -0.39 is 6.10 Å². The SMILES string of the molecule is N#Cc1ccc(NCC(O)COc2ccc(Br)cc2)cc1. The van der Waals surface area contributed by atoms with Crippen LogP contribution < -0.4 is 10.1 Å². The molecule has 0 fully saturated rings. The Bertz CT molecular complexity index is 606. The fourth-order valence-electron chi connectivity index (χ4n) is 1.68. The van der Waals surface area contributed by atoms with E-state index in [4.69, 9.17) is 10.00 Å². The normalized spacial score (nSPS) is 11.5. The summed E-state index contributed by atoms with van der Waals surface area (Å²) in [5, 5.41) is 21.7. The summed E-state index contributed by atoms with van der Waals surface area (Å²) in [5.74, 6) is 0.718. The minimum Gasteiger partial charge on any atom is -0.491 e. The molecule has 5 heteroatoms. The van der Waals surface area contributed by atoms with Gasteiger partial charge >= 0.3 is 0 Å². The van der Waals surface area contributed by atoms with Gasteiger partial charge in [0.05, 0.1) is 11.6 Å². The van der Waals surface area contributed by atoms with Crippen LogP contribution in [0, 0.1) is 11.3 Å². The van der Waals surface area contributed by atoms with Gasteiger partial charge in [-0.2, -0.15) is 5.26 Å². The van der Waals surface area contributed by atoms with E-state index in [-0.39, 0.29) is 6.61 Å². The van der Waals surface area contributed by atoms with E-state index in [0.29, 0.717) is 12.1 Å². The fourth-order valence-corrected chi connectivity index (χ4v) is 1.94. The topological polar surface area (TPSA) is 65.3 Å². The Morgan fingerprint density at radius 2 is 1.81 bits per heavy atom. The minimum absolute atomic E-state index is 0.213. The number of anilines is 1. The van der Waals surface area contributed by atoms with Crippen molar-refractivity contribution in [3.05, 3.63) is 58.6 Å². The average Bonchev–Trinajstić information content (AvgIpc) is 2.53. The molecule has 1 atom stereocenters. The number of aliphatic hydroxyl groups excluding tert-OH is 1. The van der Waals surface area contributed by atoms with Crippen LogP contribution in [0.5, 0.6) is 5.75 Å². The van der Waals surface area contributed by atoms with Crippen LogP contribution in [0.3, 0.4) is 0 Å². The van der Waals surface area contributed by atoms with Crippen LogP contribution in [-0.4, -0.2) is 24.4 Å². The van der Waals surface area contributed by atoms with Crippen LogP contribution in [0.2, 0.25) is 0 Å². The lowest BCUT2D eigenvalue weighted by atomic mass is 10.2. The Balaban J connectivity index is 1.75. The molecule has 0 heterocycles. The molecule has 2 N–H and O–H groups in total. The van der Waals surface area contributed by atoms with Gasteiger partial charge in [0.2, 0.25) is 0 Å². The van der Waals surface area contributed by atoms with Gasteiger partial charge in [-0.05, 0) is 48.5 Å². The van der Waals surface area contributed by atoms with E-state index in [2.05, 4.69) is 27.3 Å². The smallest absolute Gasteiger partial charge is 0.119 e. The third-order valence-corrected chi connectivity index (χ3v) is 3.34. The monoisotopic (exact) mass is 346 g/mol. The Hall–Kier alpha value is -2.03. The summed E-state index contributed by atoms with van der Waals surface area (Å²) in [6, 6.07) is 16.6. The largest absolute Gasteiger partial charge is 0.491 e. The van der Waals surface area contributed by atoms with Crippen molar-refractivity contribution in [3.8, 4) is 11.8 Å². The number of rotatable bonds is 6. The lowest BCUT2D eigenvalue weighted by molar-refractivity contribution is 0.117. The van der Waals surface area contributed by atoms with E-state index in [1.807, 2.05) is 24.3 Å². The Kier molecular flexibility index (Phi) is 5.61. The number of ether oxygens (including phenoxy) is 1. The molecule has 1 unspecified atom stereocenters. The summed E-state index contributed by atoms with van der Waals surface area (Å²) in [6.45, 7) is 0.591. The summed E-state index contributed by atoms with van der Waals surface area (Å²) in [7, 11) is 0. The van der Waals surface area contributed by atoms with Crippen LogP contribution >= 0.6 is 15.9 Å². The molecule has 0 saturated heterocycles. The van der Waals surface area contributed by atoms with Crippen molar-refractivity contribution in [1.82, 2.24) is 0 Å². The molecule has 108 valence electrons. The number of nitrogens with zero attached hydrogens (tertiary/aromatic N) is 1. The van der Waals surface area contributed by atoms with Gasteiger partial charge in [0, 0.05) is 16.7 Å². The highest BCUT2D eigenvalue weighted by Crippen LogP contribution is 2.16. The highest BCUT2D eigenvalue weighted by molar-refractivity contribution is 9.10. The molecule has 21 heavy (non-hydrogen) atoms. The maximum atomic E-state index is 9.88. The van der Waals surface area contributed by atoms with Gasteiger partial charge in [0.15, 0.2) is 0 Å². The number of nitrogens with one attached hydrogen (secondary N) is 1. The molecule has 0 aliphatic rings.